The number of rotatable bonds is 4. The predicted octanol–water partition coefficient (Wildman–Crippen LogP) is 2.82. The minimum Gasteiger partial charge on any atom is -0.376 e. The summed E-state index contributed by atoms with van der Waals surface area (Å²) in [5, 5.41) is 8.67. The van der Waals surface area contributed by atoms with E-state index >= 15 is 0 Å². The van der Waals surface area contributed by atoms with Crippen LogP contribution in [-0.4, -0.2) is 41.4 Å². The van der Waals surface area contributed by atoms with Gasteiger partial charge in [-0.15, -0.1) is 5.10 Å². The molecule has 5 heteroatoms. The van der Waals surface area contributed by atoms with Crippen molar-refractivity contribution in [3.05, 3.63) is 35.5 Å². The molecule has 1 fully saturated rings. The van der Waals surface area contributed by atoms with Gasteiger partial charge in [-0.1, -0.05) is 29.2 Å². The van der Waals surface area contributed by atoms with E-state index in [2.05, 4.69) is 29.1 Å². The first kappa shape index (κ1) is 16.7. The molecule has 1 atom stereocenters. The van der Waals surface area contributed by atoms with Crippen molar-refractivity contribution in [3.8, 4) is 23.1 Å². The maximum Gasteiger partial charge on any atom is 0.115 e. The molecular formula is C19H23N3O2. The van der Waals surface area contributed by atoms with Crippen molar-refractivity contribution in [2.45, 2.75) is 38.8 Å². The van der Waals surface area contributed by atoms with Crippen LogP contribution < -0.4 is 0 Å². The van der Waals surface area contributed by atoms with E-state index in [4.69, 9.17) is 9.47 Å². The molecule has 5 nitrogen and oxygen atoms in total. The van der Waals surface area contributed by atoms with Crippen molar-refractivity contribution in [1.29, 1.82) is 0 Å². The first-order valence-electron chi connectivity index (χ1n) is 8.38. The van der Waals surface area contributed by atoms with Gasteiger partial charge >= 0.3 is 0 Å². The Kier molecular flexibility index (Phi) is 5.63. The number of nitrogens with zero attached hydrogens (tertiary/aromatic N) is 3. The highest BCUT2D eigenvalue weighted by Gasteiger charge is 2.18. The van der Waals surface area contributed by atoms with E-state index in [1.54, 1.807) is 7.11 Å². The van der Waals surface area contributed by atoms with Crippen LogP contribution in [0.2, 0.25) is 0 Å². The van der Waals surface area contributed by atoms with E-state index in [-0.39, 0.29) is 6.10 Å². The third-order valence-corrected chi connectivity index (χ3v) is 4.24. The van der Waals surface area contributed by atoms with Crippen LogP contribution in [0.15, 0.2) is 24.3 Å². The number of aromatic nitrogens is 3. The van der Waals surface area contributed by atoms with Crippen LogP contribution in [-0.2, 0) is 16.0 Å². The molecule has 0 N–H and O–H groups in total. The predicted molar refractivity (Wildman–Crippen MR) is 92.5 cm³/mol. The number of hydrogen-bond acceptors (Lipinski definition) is 4. The molecule has 0 amide bonds. The highest BCUT2D eigenvalue weighted by atomic mass is 16.5. The van der Waals surface area contributed by atoms with Crippen LogP contribution >= 0.6 is 0 Å². The van der Waals surface area contributed by atoms with Crippen molar-refractivity contribution >= 4 is 0 Å². The fourth-order valence-corrected chi connectivity index (χ4v) is 2.87. The average Bonchev–Trinajstić information content (AvgIpc) is 2.97. The zero-order valence-electron chi connectivity index (χ0n) is 14.3. The molecule has 1 aromatic carbocycles. The summed E-state index contributed by atoms with van der Waals surface area (Å²) in [7, 11) is 1.64. The van der Waals surface area contributed by atoms with E-state index in [9.17, 15) is 0 Å². The van der Waals surface area contributed by atoms with E-state index in [0.717, 1.165) is 48.5 Å². The maximum absolute atomic E-state index is 5.80. The lowest BCUT2D eigenvalue weighted by Crippen LogP contribution is -2.25. The molecule has 0 radical (unpaired) electrons. The molecule has 24 heavy (non-hydrogen) atoms. The van der Waals surface area contributed by atoms with Gasteiger partial charge in [-0.2, -0.15) is 0 Å². The second-order valence-corrected chi connectivity index (χ2v) is 6.01. The van der Waals surface area contributed by atoms with Gasteiger partial charge in [0.1, 0.15) is 12.3 Å². The Balaban J connectivity index is 1.72. The maximum atomic E-state index is 5.80. The third kappa shape index (κ3) is 4.02. The monoisotopic (exact) mass is 325 g/mol. The third-order valence-electron chi connectivity index (χ3n) is 4.24. The summed E-state index contributed by atoms with van der Waals surface area (Å²) in [6.45, 7) is 4.14. The Labute approximate surface area is 143 Å². The minimum atomic E-state index is 0.255. The number of hydrogen-bond donors (Lipinski definition) is 0. The average molecular weight is 325 g/mol. The zero-order chi connectivity index (χ0) is 16.8. The lowest BCUT2D eigenvalue weighted by molar-refractivity contribution is 0.00337. The Bertz CT molecular complexity index is 719. The fourth-order valence-electron chi connectivity index (χ4n) is 2.87. The molecule has 2 aromatic rings. The molecule has 2 heterocycles. The largest absolute Gasteiger partial charge is 0.376 e. The summed E-state index contributed by atoms with van der Waals surface area (Å²) >= 11 is 0. The first-order valence-corrected chi connectivity index (χ1v) is 8.38. The number of methoxy groups -OCH3 is 1. The lowest BCUT2D eigenvalue weighted by atomic mass is 10.1. The van der Waals surface area contributed by atoms with Gasteiger partial charge in [0.05, 0.1) is 18.3 Å². The van der Waals surface area contributed by atoms with E-state index in [1.807, 2.05) is 28.9 Å². The van der Waals surface area contributed by atoms with Gasteiger partial charge < -0.3 is 9.47 Å². The lowest BCUT2D eigenvalue weighted by Gasteiger charge is -2.22. The number of benzene rings is 1. The highest BCUT2D eigenvalue weighted by Crippen LogP contribution is 2.22. The first-order chi connectivity index (χ1) is 11.8. The van der Waals surface area contributed by atoms with Gasteiger partial charge in [0, 0.05) is 24.8 Å². The summed E-state index contributed by atoms with van der Waals surface area (Å²) < 4.78 is 12.7. The van der Waals surface area contributed by atoms with Gasteiger partial charge in [0.15, 0.2) is 0 Å². The summed E-state index contributed by atoms with van der Waals surface area (Å²) in [6, 6.07) is 8.08. The van der Waals surface area contributed by atoms with Crippen molar-refractivity contribution in [1.82, 2.24) is 15.0 Å². The minimum absolute atomic E-state index is 0.255. The smallest absolute Gasteiger partial charge is 0.115 e. The van der Waals surface area contributed by atoms with Crippen molar-refractivity contribution in [2.24, 2.45) is 0 Å². The van der Waals surface area contributed by atoms with Crippen LogP contribution in [0.3, 0.4) is 0 Å². The Hall–Kier alpha value is -2.16. The van der Waals surface area contributed by atoms with Gasteiger partial charge in [0.2, 0.25) is 0 Å². The summed E-state index contributed by atoms with van der Waals surface area (Å²) in [6.07, 6.45) is 3.75. The second-order valence-electron chi connectivity index (χ2n) is 6.01. The van der Waals surface area contributed by atoms with Gasteiger partial charge in [0.25, 0.3) is 0 Å². The quantitative estimate of drug-likeness (QED) is 0.811. The molecule has 0 spiro atoms. The molecule has 0 aliphatic carbocycles. The topological polar surface area (TPSA) is 49.2 Å². The van der Waals surface area contributed by atoms with Crippen molar-refractivity contribution in [2.75, 3.05) is 20.3 Å². The van der Waals surface area contributed by atoms with Crippen LogP contribution in [0.4, 0.5) is 0 Å². The van der Waals surface area contributed by atoms with Crippen LogP contribution in [0.1, 0.15) is 30.5 Å². The standard InChI is InChI=1S/C19H23N3O2/c1-15-19(17-10-8-16(9-11-17)6-5-12-23-2)20-21-22(15)14-18-7-3-4-13-24-18/h8-11,18H,3-4,7,12-14H2,1-2H3. The Morgan fingerprint density at radius 2 is 2.12 bits per heavy atom. The van der Waals surface area contributed by atoms with Gasteiger partial charge in [-0.05, 0) is 38.3 Å². The van der Waals surface area contributed by atoms with Crippen LogP contribution in [0.25, 0.3) is 11.3 Å². The molecule has 0 saturated carbocycles. The molecule has 0 bridgehead atoms. The summed E-state index contributed by atoms with van der Waals surface area (Å²) in [5.74, 6) is 6.02. The molecular weight excluding hydrogens is 302 g/mol. The van der Waals surface area contributed by atoms with Gasteiger partial charge in [-0.3, -0.25) is 0 Å². The van der Waals surface area contributed by atoms with E-state index in [0.29, 0.717) is 6.61 Å². The normalized spacial score (nSPS) is 17.3. The second kappa shape index (κ2) is 8.09. The fraction of sp³-hybridized carbons (Fsp3) is 0.474. The summed E-state index contributed by atoms with van der Waals surface area (Å²) in [5.41, 5.74) is 4.02. The molecule has 1 aliphatic heterocycles. The van der Waals surface area contributed by atoms with E-state index in [1.165, 1.54) is 6.42 Å². The molecule has 1 aromatic heterocycles. The molecule has 3 rings (SSSR count). The van der Waals surface area contributed by atoms with E-state index < -0.39 is 0 Å². The summed E-state index contributed by atoms with van der Waals surface area (Å²) in [4.78, 5) is 0. The van der Waals surface area contributed by atoms with Gasteiger partial charge in [-0.25, -0.2) is 4.68 Å². The molecule has 1 unspecified atom stereocenters. The number of ether oxygens (including phenoxy) is 2. The van der Waals surface area contributed by atoms with Crippen LogP contribution in [0, 0.1) is 18.8 Å². The van der Waals surface area contributed by atoms with Crippen LogP contribution in [0.5, 0.6) is 0 Å². The SMILES string of the molecule is COCC#Cc1ccc(-c2nnn(CC3CCCCO3)c2C)cc1. The van der Waals surface area contributed by atoms with Crippen molar-refractivity contribution in [3.63, 3.8) is 0 Å². The Morgan fingerprint density at radius 3 is 2.83 bits per heavy atom. The Morgan fingerprint density at radius 1 is 1.29 bits per heavy atom. The zero-order valence-corrected chi connectivity index (χ0v) is 14.3. The highest BCUT2D eigenvalue weighted by molar-refractivity contribution is 5.62. The molecule has 126 valence electrons. The molecule has 1 aliphatic rings. The van der Waals surface area contributed by atoms with Crippen molar-refractivity contribution < 1.29 is 9.47 Å². The molecule has 1 saturated heterocycles.